The Hall–Kier alpha value is -3.26. The van der Waals surface area contributed by atoms with Crippen molar-refractivity contribution in [3.05, 3.63) is 75.9 Å². The minimum atomic E-state index is -0.619. The van der Waals surface area contributed by atoms with Gasteiger partial charge in [0.25, 0.3) is 0 Å². The summed E-state index contributed by atoms with van der Waals surface area (Å²) in [4.78, 5) is 24.6. The fraction of sp³-hybridized carbons (Fsp3) is 0.250. The van der Waals surface area contributed by atoms with Gasteiger partial charge in [-0.05, 0) is 66.2 Å². The molecule has 0 amide bonds. The van der Waals surface area contributed by atoms with Gasteiger partial charge >= 0.3 is 5.97 Å². The molecule has 2 aromatic heterocycles. The predicted octanol–water partition coefficient (Wildman–Crippen LogP) is 4.74. The number of nitrogens with zero attached hydrogens (tertiary/aromatic N) is 1. The number of hydrogen-bond donors (Lipinski definition) is 0. The number of esters is 1. The van der Waals surface area contributed by atoms with Crippen molar-refractivity contribution in [2.24, 2.45) is 0 Å². The van der Waals surface area contributed by atoms with Crippen LogP contribution in [0.2, 0.25) is 0 Å². The highest BCUT2D eigenvalue weighted by atomic mass is 79.9. The Kier molecular flexibility index (Phi) is 6.50. The SMILES string of the molecule is Cc1cc(C(=O)COC(=O)C=Cc2ccc(Br)o2)c(C)n1CC1COc2ccccc2O1. The second-order valence-electron chi connectivity index (χ2n) is 7.40. The Morgan fingerprint density at radius 2 is 1.97 bits per heavy atom. The zero-order valence-electron chi connectivity index (χ0n) is 17.7. The van der Waals surface area contributed by atoms with Crippen LogP contribution in [0, 0.1) is 13.8 Å². The van der Waals surface area contributed by atoms with E-state index in [1.54, 1.807) is 18.2 Å². The number of furan rings is 1. The van der Waals surface area contributed by atoms with Crippen molar-refractivity contribution in [1.82, 2.24) is 4.57 Å². The van der Waals surface area contributed by atoms with E-state index in [4.69, 9.17) is 18.6 Å². The minimum absolute atomic E-state index is 0.178. The molecule has 8 heteroatoms. The molecule has 0 aliphatic carbocycles. The van der Waals surface area contributed by atoms with Gasteiger partial charge in [-0.3, -0.25) is 4.79 Å². The van der Waals surface area contributed by atoms with Gasteiger partial charge in [-0.15, -0.1) is 0 Å². The number of Topliss-reactive ketones (excluding diaryl/α,β-unsaturated/α-hetero) is 1. The summed E-state index contributed by atoms with van der Waals surface area (Å²) < 4.78 is 24.8. The molecule has 0 N–H and O–H groups in total. The molecule has 1 atom stereocenters. The first-order valence-electron chi connectivity index (χ1n) is 10.1. The van der Waals surface area contributed by atoms with Gasteiger partial charge in [0, 0.05) is 23.0 Å². The summed E-state index contributed by atoms with van der Waals surface area (Å²) in [6.45, 7) is 4.42. The van der Waals surface area contributed by atoms with Gasteiger partial charge in [-0.1, -0.05) is 12.1 Å². The molecule has 7 nitrogen and oxygen atoms in total. The standard InChI is InChI=1S/C24H22BrNO6/c1-15-11-19(20(27)14-30-24(28)10-8-17-7-9-23(25)32-17)16(2)26(15)12-18-13-29-21-5-3-4-6-22(21)31-18/h3-11,18H,12-14H2,1-2H3. The lowest BCUT2D eigenvalue weighted by molar-refractivity contribution is -0.136. The smallest absolute Gasteiger partial charge is 0.331 e. The number of ether oxygens (including phenoxy) is 3. The quantitative estimate of drug-likeness (QED) is 0.265. The zero-order chi connectivity index (χ0) is 22.7. The summed E-state index contributed by atoms with van der Waals surface area (Å²) in [6, 6.07) is 12.8. The van der Waals surface area contributed by atoms with Gasteiger partial charge in [-0.2, -0.15) is 0 Å². The van der Waals surface area contributed by atoms with Crippen molar-refractivity contribution in [3.8, 4) is 11.5 Å². The number of ketones is 1. The molecule has 0 fully saturated rings. The Labute approximate surface area is 193 Å². The Morgan fingerprint density at radius 3 is 2.72 bits per heavy atom. The average Bonchev–Trinajstić information content (AvgIpc) is 3.33. The average molecular weight is 500 g/mol. The number of hydrogen-bond acceptors (Lipinski definition) is 6. The van der Waals surface area contributed by atoms with Crippen LogP contribution in [0.4, 0.5) is 0 Å². The first kappa shape index (κ1) is 22.0. The number of fused-ring (bicyclic) bond motifs is 1. The van der Waals surface area contributed by atoms with Gasteiger partial charge in [0.15, 0.2) is 28.9 Å². The van der Waals surface area contributed by atoms with Gasteiger partial charge in [0.05, 0.1) is 6.54 Å². The highest BCUT2D eigenvalue weighted by Crippen LogP contribution is 2.31. The van der Waals surface area contributed by atoms with Crippen LogP contribution in [-0.2, 0) is 16.1 Å². The van der Waals surface area contributed by atoms with E-state index in [2.05, 4.69) is 15.9 Å². The van der Waals surface area contributed by atoms with Crippen molar-refractivity contribution in [2.75, 3.05) is 13.2 Å². The Morgan fingerprint density at radius 1 is 1.19 bits per heavy atom. The number of para-hydroxylation sites is 2. The molecule has 0 spiro atoms. The number of aromatic nitrogens is 1. The number of halogens is 1. The molecule has 1 aromatic carbocycles. The number of benzene rings is 1. The summed E-state index contributed by atoms with van der Waals surface area (Å²) in [5, 5.41) is 0. The lowest BCUT2D eigenvalue weighted by atomic mass is 10.1. The lowest BCUT2D eigenvalue weighted by Crippen LogP contribution is -2.33. The summed E-state index contributed by atoms with van der Waals surface area (Å²) >= 11 is 3.19. The molecule has 0 saturated carbocycles. The third kappa shape index (κ3) is 4.96. The number of carbonyl (C=O) groups is 2. The van der Waals surface area contributed by atoms with E-state index >= 15 is 0 Å². The van der Waals surface area contributed by atoms with Crippen molar-refractivity contribution >= 4 is 33.8 Å². The molecular weight excluding hydrogens is 478 g/mol. The molecule has 1 aliphatic rings. The van der Waals surface area contributed by atoms with E-state index in [0.29, 0.717) is 34.9 Å². The fourth-order valence-corrected chi connectivity index (χ4v) is 3.87. The number of rotatable bonds is 7. The number of aryl methyl sites for hydroxylation is 1. The van der Waals surface area contributed by atoms with Crippen LogP contribution in [0.25, 0.3) is 6.08 Å². The second-order valence-corrected chi connectivity index (χ2v) is 8.18. The summed E-state index contributed by atoms with van der Waals surface area (Å²) in [7, 11) is 0. The Bertz CT molecular complexity index is 1180. The van der Waals surface area contributed by atoms with E-state index in [9.17, 15) is 9.59 Å². The largest absolute Gasteiger partial charge is 0.486 e. The monoisotopic (exact) mass is 499 g/mol. The fourth-order valence-electron chi connectivity index (χ4n) is 3.55. The van der Waals surface area contributed by atoms with Crippen molar-refractivity contribution in [1.29, 1.82) is 0 Å². The van der Waals surface area contributed by atoms with Crippen LogP contribution in [0.15, 0.2) is 57.6 Å². The second kappa shape index (κ2) is 9.48. The summed E-state index contributed by atoms with van der Waals surface area (Å²) in [5.74, 6) is 1.06. The van der Waals surface area contributed by atoms with Gasteiger partial charge < -0.3 is 23.2 Å². The maximum atomic E-state index is 12.7. The molecule has 4 rings (SSSR count). The van der Waals surface area contributed by atoms with Crippen molar-refractivity contribution < 1.29 is 28.2 Å². The maximum Gasteiger partial charge on any atom is 0.331 e. The molecule has 0 saturated heterocycles. The normalized spacial score (nSPS) is 15.2. The van der Waals surface area contributed by atoms with Crippen LogP contribution in [0.1, 0.15) is 27.5 Å². The van der Waals surface area contributed by atoms with E-state index in [-0.39, 0.29) is 18.5 Å². The van der Waals surface area contributed by atoms with Crippen molar-refractivity contribution in [2.45, 2.75) is 26.5 Å². The molecule has 3 aromatic rings. The molecule has 1 aliphatic heterocycles. The van der Waals surface area contributed by atoms with Gasteiger partial charge in [-0.25, -0.2) is 4.79 Å². The summed E-state index contributed by atoms with van der Waals surface area (Å²) in [5.41, 5.74) is 2.23. The predicted molar refractivity (Wildman–Crippen MR) is 121 cm³/mol. The van der Waals surface area contributed by atoms with Gasteiger partial charge in [0.2, 0.25) is 5.78 Å². The number of carbonyl (C=O) groups excluding carboxylic acids is 2. The van der Waals surface area contributed by atoms with E-state index in [0.717, 1.165) is 17.1 Å². The molecule has 0 bridgehead atoms. The first-order valence-corrected chi connectivity index (χ1v) is 10.9. The lowest BCUT2D eigenvalue weighted by Gasteiger charge is -2.27. The van der Waals surface area contributed by atoms with Crippen LogP contribution in [-0.4, -0.2) is 35.6 Å². The molecule has 1 unspecified atom stereocenters. The summed E-state index contributed by atoms with van der Waals surface area (Å²) in [6.07, 6.45) is 2.52. The van der Waals surface area contributed by atoms with Crippen LogP contribution < -0.4 is 9.47 Å². The molecule has 3 heterocycles. The first-order chi connectivity index (χ1) is 15.4. The third-order valence-corrected chi connectivity index (χ3v) is 5.58. The maximum absolute atomic E-state index is 12.7. The highest BCUT2D eigenvalue weighted by Gasteiger charge is 2.24. The highest BCUT2D eigenvalue weighted by molar-refractivity contribution is 9.10. The van der Waals surface area contributed by atoms with E-state index < -0.39 is 5.97 Å². The zero-order valence-corrected chi connectivity index (χ0v) is 19.3. The molecule has 0 radical (unpaired) electrons. The molecule has 32 heavy (non-hydrogen) atoms. The molecule has 166 valence electrons. The van der Waals surface area contributed by atoms with E-state index in [1.807, 2.05) is 42.7 Å². The topological polar surface area (TPSA) is 79.9 Å². The van der Waals surface area contributed by atoms with Crippen LogP contribution >= 0.6 is 15.9 Å². The molecular formula is C24H22BrNO6. The van der Waals surface area contributed by atoms with Gasteiger partial charge in [0.1, 0.15) is 12.4 Å². The van der Waals surface area contributed by atoms with E-state index in [1.165, 1.54) is 12.2 Å². The van der Waals surface area contributed by atoms with Crippen LogP contribution in [0.5, 0.6) is 11.5 Å². The third-order valence-electron chi connectivity index (χ3n) is 5.15. The minimum Gasteiger partial charge on any atom is -0.486 e. The Balaban J connectivity index is 1.36. The van der Waals surface area contributed by atoms with Crippen LogP contribution in [0.3, 0.4) is 0 Å². The van der Waals surface area contributed by atoms with Crippen molar-refractivity contribution in [3.63, 3.8) is 0 Å².